The Labute approximate surface area is 153 Å². The summed E-state index contributed by atoms with van der Waals surface area (Å²) in [5, 5.41) is 12.5. The summed E-state index contributed by atoms with van der Waals surface area (Å²) < 4.78 is 5.70. The molecule has 1 amide bonds. The van der Waals surface area contributed by atoms with Crippen LogP contribution in [0.4, 0.5) is 0 Å². The van der Waals surface area contributed by atoms with E-state index >= 15 is 0 Å². The Bertz CT molecular complexity index is 828. The summed E-state index contributed by atoms with van der Waals surface area (Å²) in [6.07, 6.45) is 1.51. The number of hydrogen-bond donors (Lipinski definition) is 2. The van der Waals surface area contributed by atoms with Gasteiger partial charge in [-0.25, -0.2) is 4.79 Å². The van der Waals surface area contributed by atoms with Gasteiger partial charge in [-0.3, -0.25) is 4.79 Å². The first-order valence-electron chi connectivity index (χ1n) is 8.74. The number of amides is 1. The number of ether oxygens (including phenoxy) is 1. The van der Waals surface area contributed by atoms with E-state index in [4.69, 9.17) is 4.74 Å². The molecule has 5 nitrogen and oxygen atoms in total. The van der Waals surface area contributed by atoms with Gasteiger partial charge in [-0.15, -0.1) is 0 Å². The summed E-state index contributed by atoms with van der Waals surface area (Å²) in [7, 11) is 0. The van der Waals surface area contributed by atoms with Gasteiger partial charge in [-0.1, -0.05) is 36.4 Å². The predicted molar refractivity (Wildman–Crippen MR) is 99.4 cm³/mol. The molecule has 5 heteroatoms. The second-order valence-corrected chi connectivity index (χ2v) is 7.17. The van der Waals surface area contributed by atoms with Crippen LogP contribution in [-0.2, 0) is 4.74 Å². The highest BCUT2D eigenvalue weighted by atomic mass is 16.5. The average molecular weight is 353 g/mol. The maximum atomic E-state index is 12.9. The van der Waals surface area contributed by atoms with E-state index in [2.05, 4.69) is 5.32 Å². The summed E-state index contributed by atoms with van der Waals surface area (Å²) in [6, 6.07) is 13.9. The molecular formula is C21H23NO4. The van der Waals surface area contributed by atoms with Crippen molar-refractivity contribution in [3.8, 4) is 11.1 Å². The zero-order valence-electron chi connectivity index (χ0n) is 15.0. The van der Waals surface area contributed by atoms with Gasteiger partial charge in [0.15, 0.2) is 0 Å². The van der Waals surface area contributed by atoms with Crippen molar-refractivity contribution in [3.63, 3.8) is 0 Å². The Kier molecular flexibility index (Phi) is 5.09. The summed E-state index contributed by atoms with van der Waals surface area (Å²) in [5.41, 5.74) is 1.56. The van der Waals surface area contributed by atoms with Gasteiger partial charge in [0.25, 0.3) is 5.91 Å². The van der Waals surface area contributed by atoms with Crippen molar-refractivity contribution in [1.82, 2.24) is 5.32 Å². The van der Waals surface area contributed by atoms with Crippen LogP contribution in [0.1, 0.15) is 47.4 Å². The molecule has 1 heterocycles. The molecule has 1 saturated heterocycles. The maximum Gasteiger partial charge on any atom is 0.336 e. The predicted octanol–water partition coefficient (Wildman–Crippen LogP) is 3.74. The van der Waals surface area contributed by atoms with E-state index in [-0.39, 0.29) is 23.1 Å². The number of carboxylic acids is 1. The lowest BCUT2D eigenvalue weighted by atomic mass is 9.92. The molecule has 0 saturated carbocycles. The van der Waals surface area contributed by atoms with Crippen molar-refractivity contribution >= 4 is 11.9 Å². The van der Waals surface area contributed by atoms with E-state index in [1.165, 1.54) is 0 Å². The molecule has 0 radical (unpaired) electrons. The lowest BCUT2D eigenvalue weighted by molar-refractivity contribution is -0.0615. The molecule has 1 aliphatic rings. The second-order valence-electron chi connectivity index (χ2n) is 7.17. The fraction of sp³-hybridized carbons (Fsp3) is 0.333. The van der Waals surface area contributed by atoms with Crippen LogP contribution in [0.3, 0.4) is 0 Å². The largest absolute Gasteiger partial charge is 0.478 e. The molecule has 3 rings (SSSR count). The van der Waals surface area contributed by atoms with E-state index in [9.17, 15) is 14.7 Å². The van der Waals surface area contributed by atoms with Gasteiger partial charge < -0.3 is 15.2 Å². The molecule has 0 aliphatic carbocycles. The van der Waals surface area contributed by atoms with E-state index in [0.29, 0.717) is 23.3 Å². The van der Waals surface area contributed by atoms with Crippen molar-refractivity contribution in [3.05, 3.63) is 59.7 Å². The Morgan fingerprint density at radius 3 is 2.23 bits per heavy atom. The van der Waals surface area contributed by atoms with E-state index in [1.54, 1.807) is 42.5 Å². The van der Waals surface area contributed by atoms with Crippen LogP contribution in [0.15, 0.2) is 48.5 Å². The number of aromatic carboxylic acids is 1. The minimum Gasteiger partial charge on any atom is -0.478 e. The van der Waals surface area contributed by atoms with Crippen molar-refractivity contribution in [1.29, 1.82) is 0 Å². The van der Waals surface area contributed by atoms with Crippen LogP contribution in [-0.4, -0.2) is 35.2 Å². The molecule has 136 valence electrons. The first kappa shape index (κ1) is 18.1. The lowest BCUT2D eigenvalue weighted by Gasteiger charge is -2.35. The van der Waals surface area contributed by atoms with Crippen LogP contribution in [0.5, 0.6) is 0 Å². The molecule has 1 aliphatic heterocycles. The molecule has 2 aromatic rings. The summed E-state index contributed by atoms with van der Waals surface area (Å²) in [5.74, 6) is -1.20. The Morgan fingerprint density at radius 2 is 1.62 bits per heavy atom. The van der Waals surface area contributed by atoms with E-state index < -0.39 is 5.97 Å². The third-order valence-electron chi connectivity index (χ3n) is 4.65. The molecular weight excluding hydrogens is 330 g/mol. The molecule has 2 aromatic carbocycles. The van der Waals surface area contributed by atoms with Gasteiger partial charge in [0, 0.05) is 18.2 Å². The van der Waals surface area contributed by atoms with Crippen molar-refractivity contribution in [2.45, 2.75) is 38.3 Å². The highest BCUT2D eigenvalue weighted by Crippen LogP contribution is 2.28. The fourth-order valence-corrected chi connectivity index (χ4v) is 3.44. The van der Waals surface area contributed by atoms with Gasteiger partial charge in [-0.2, -0.15) is 0 Å². The molecule has 1 atom stereocenters. The molecule has 1 unspecified atom stereocenters. The van der Waals surface area contributed by atoms with E-state index in [0.717, 1.165) is 12.8 Å². The van der Waals surface area contributed by atoms with Gasteiger partial charge in [-0.05, 0) is 49.9 Å². The standard InChI is InChI=1S/C21H23NO4/c1-21(2)13-14(11-12-26-21)22-19(23)17-9-5-3-7-15(17)16-8-4-6-10-18(16)20(24)25/h3-10,14H,11-13H2,1-2H3,(H,22,23)(H,24,25). The summed E-state index contributed by atoms with van der Waals surface area (Å²) in [6.45, 7) is 4.65. The number of carbonyl (C=O) groups is 2. The minimum atomic E-state index is -1.01. The van der Waals surface area contributed by atoms with Crippen LogP contribution < -0.4 is 5.32 Å². The Morgan fingerprint density at radius 1 is 1.04 bits per heavy atom. The summed E-state index contributed by atoms with van der Waals surface area (Å²) >= 11 is 0. The third-order valence-corrected chi connectivity index (χ3v) is 4.65. The number of benzene rings is 2. The summed E-state index contributed by atoms with van der Waals surface area (Å²) in [4.78, 5) is 24.5. The molecule has 0 spiro atoms. The van der Waals surface area contributed by atoms with Crippen LogP contribution in [0, 0.1) is 0 Å². The van der Waals surface area contributed by atoms with Crippen molar-refractivity contribution in [2.75, 3.05) is 6.61 Å². The topological polar surface area (TPSA) is 75.6 Å². The van der Waals surface area contributed by atoms with Crippen molar-refractivity contribution < 1.29 is 19.4 Å². The van der Waals surface area contributed by atoms with Gasteiger partial charge >= 0.3 is 5.97 Å². The van der Waals surface area contributed by atoms with Crippen LogP contribution >= 0.6 is 0 Å². The fourth-order valence-electron chi connectivity index (χ4n) is 3.44. The quantitative estimate of drug-likeness (QED) is 0.878. The van der Waals surface area contributed by atoms with E-state index in [1.807, 2.05) is 19.9 Å². The zero-order valence-corrected chi connectivity index (χ0v) is 15.0. The first-order valence-corrected chi connectivity index (χ1v) is 8.74. The number of carboxylic acid groups (broad SMARTS) is 1. The van der Waals surface area contributed by atoms with Crippen molar-refractivity contribution in [2.24, 2.45) is 0 Å². The number of hydrogen-bond acceptors (Lipinski definition) is 3. The highest BCUT2D eigenvalue weighted by molar-refractivity contribution is 6.04. The number of carbonyl (C=O) groups excluding carboxylic acids is 1. The van der Waals surface area contributed by atoms with Gasteiger partial charge in [0.2, 0.25) is 0 Å². The minimum absolute atomic E-state index is 0.0361. The zero-order chi connectivity index (χ0) is 18.7. The Hall–Kier alpha value is -2.66. The lowest BCUT2D eigenvalue weighted by Crippen LogP contribution is -2.45. The molecule has 1 fully saturated rings. The first-order chi connectivity index (χ1) is 12.4. The normalized spacial score (nSPS) is 18.9. The highest BCUT2D eigenvalue weighted by Gasteiger charge is 2.30. The second kappa shape index (κ2) is 7.30. The monoisotopic (exact) mass is 353 g/mol. The van der Waals surface area contributed by atoms with Gasteiger partial charge in [0.1, 0.15) is 0 Å². The molecule has 26 heavy (non-hydrogen) atoms. The Balaban J connectivity index is 1.90. The van der Waals surface area contributed by atoms with Gasteiger partial charge in [0.05, 0.1) is 11.2 Å². The third kappa shape index (κ3) is 3.94. The smallest absolute Gasteiger partial charge is 0.336 e. The molecule has 0 aromatic heterocycles. The molecule has 2 N–H and O–H groups in total. The number of nitrogens with one attached hydrogen (secondary N) is 1. The SMILES string of the molecule is CC1(C)CC(NC(=O)c2ccccc2-c2ccccc2C(=O)O)CCO1. The molecule has 0 bridgehead atoms. The van der Waals surface area contributed by atoms with Crippen LogP contribution in [0.25, 0.3) is 11.1 Å². The van der Waals surface area contributed by atoms with Crippen LogP contribution in [0.2, 0.25) is 0 Å². The number of rotatable bonds is 4. The maximum absolute atomic E-state index is 12.9. The average Bonchev–Trinajstić information content (AvgIpc) is 2.61.